The smallest absolute Gasteiger partial charge is 0.191 e. The number of thioether (sulfide) groups is 1. The molecule has 1 aliphatic heterocycles. The summed E-state index contributed by atoms with van der Waals surface area (Å²) in [5.74, 6) is 0.916. The number of hydrogen-bond acceptors (Lipinski definition) is 2. The molecule has 0 atom stereocenters. The van der Waals surface area contributed by atoms with E-state index in [1.165, 1.54) is 0 Å². The monoisotopic (exact) mass is 268 g/mol. The van der Waals surface area contributed by atoms with Crippen LogP contribution in [0.5, 0.6) is 0 Å². The van der Waals surface area contributed by atoms with Gasteiger partial charge >= 0.3 is 0 Å². The van der Waals surface area contributed by atoms with Crippen LogP contribution in [-0.4, -0.2) is 11.5 Å². The lowest BCUT2D eigenvalue weighted by molar-refractivity contribution is 0.103. The van der Waals surface area contributed by atoms with E-state index >= 15 is 0 Å². The number of halogens is 1. The third-order valence-corrected chi connectivity index (χ3v) is 3.86. The van der Waals surface area contributed by atoms with Crippen LogP contribution >= 0.6 is 27.7 Å². The number of Topliss-reactive ketones (excluding diaryl/α,β-unsaturated/α-hetero) is 1. The molecule has 1 aliphatic rings. The van der Waals surface area contributed by atoms with Gasteiger partial charge < -0.3 is 0 Å². The molecule has 0 radical (unpaired) electrons. The molecule has 0 unspecified atom stereocenters. The summed E-state index contributed by atoms with van der Waals surface area (Å²) in [5.41, 5.74) is 2.81. The second kappa shape index (κ2) is 3.91. The van der Waals surface area contributed by atoms with Crippen molar-refractivity contribution >= 4 is 33.5 Å². The molecule has 14 heavy (non-hydrogen) atoms. The molecule has 0 aliphatic carbocycles. The van der Waals surface area contributed by atoms with E-state index < -0.39 is 0 Å². The molecular weight excluding hydrogens is 260 g/mol. The van der Waals surface area contributed by atoms with Gasteiger partial charge in [-0.3, -0.25) is 4.79 Å². The molecule has 1 nitrogen and oxygen atoms in total. The summed E-state index contributed by atoms with van der Waals surface area (Å²) in [4.78, 5) is 14.7. The van der Waals surface area contributed by atoms with E-state index in [1.807, 2.05) is 25.1 Å². The van der Waals surface area contributed by atoms with Crippen LogP contribution in [-0.2, 0) is 0 Å². The van der Waals surface area contributed by atoms with E-state index in [2.05, 4.69) is 15.9 Å². The quantitative estimate of drug-likeness (QED) is 0.670. The minimum Gasteiger partial charge on any atom is -0.289 e. The molecule has 1 heterocycles. The summed E-state index contributed by atoms with van der Waals surface area (Å²) >= 11 is 4.94. The zero-order chi connectivity index (χ0) is 10.1. The van der Waals surface area contributed by atoms with Gasteiger partial charge in [-0.25, -0.2) is 0 Å². The summed E-state index contributed by atoms with van der Waals surface area (Å²) < 4.78 is 0. The fourth-order valence-electron chi connectivity index (χ4n) is 1.42. The van der Waals surface area contributed by atoms with Crippen molar-refractivity contribution < 1.29 is 4.79 Å². The molecule has 2 rings (SSSR count). The van der Waals surface area contributed by atoms with Crippen LogP contribution in [0.25, 0.3) is 0 Å². The predicted octanol–water partition coefficient (Wildman–Crippen LogP) is 3.56. The first-order valence-electron chi connectivity index (χ1n) is 4.30. The molecule has 0 aromatic heterocycles. The second-order valence-electron chi connectivity index (χ2n) is 3.25. The van der Waals surface area contributed by atoms with Crippen LogP contribution in [0.3, 0.4) is 0 Å². The van der Waals surface area contributed by atoms with Crippen molar-refractivity contribution in [3.05, 3.63) is 39.9 Å². The maximum absolute atomic E-state index is 11.9. The van der Waals surface area contributed by atoms with E-state index in [0.29, 0.717) is 0 Å². The molecule has 0 saturated carbocycles. The third kappa shape index (κ3) is 1.66. The van der Waals surface area contributed by atoms with Gasteiger partial charge in [-0.1, -0.05) is 27.6 Å². The maximum Gasteiger partial charge on any atom is 0.191 e. The van der Waals surface area contributed by atoms with Gasteiger partial charge in [0, 0.05) is 21.8 Å². The number of benzene rings is 1. The number of hydrogen-bond donors (Lipinski definition) is 0. The SMILES string of the molecule is Cc1ccc2c(c1)C(=O)/C(=C/Br)CS2. The Bertz CT molecular complexity index is 423. The average molecular weight is 269 g/mol. The Kier molecular flexibility index (Phi) is 2.79. The van der Waals surface area contributed by atoms with E-state index in [0.717, 1.165) is 27.3 Å². The molecule has 1 aromatic carbocycles. The molecule has 0 bridgehead atoms. The van der Waals surface area contributed by atoms with Gasteiger partial charge in [0.25, 0.3) is 0 Å². The Balaban J connectivity index is 2.54. The largest absolute Gasteiger partial charge is 0.289 e. The maximum atomic E-state index is 11.9. The molecule has 0 spiro atoms. The van der Waals surface area contributed by atoms with Gasteiger partial charge in [0.15, 0.2) is 5.78 Å². The Morgan fingerprint density at radius 1 is 1.50 bits per heavy atom. The Morgan fingerprint density at radius 3 is 3.00 bits per heavy atom. The Hall–Kier alpha value is -0.540. The lowest BCUT2D eigenvalue weighted by Gasteiger charge is -2.16. The van der Waals surface area contributed by atoms with E-state index in [-0.39, 0.29) is 5.78 Å². The van der Waals surface area contributed by atoms with Gasteiger partial charge in [0.05, 0.1) is 0 Å². The van der Waals surface area contributed by atoms with Crippen molar-refractivity contribution in [3.8, 4) is 0 Å². The summed E-state index contributed by atoms with van der Waals surface area (Å²) in [7, 11) is 0. The Labute approximate surface area is 95.7 Å². The first-order valence-corrected chi connectivity index (χ1v) is 6.20. The summed E-state index contributed by atoms with van der Waals surface area (Å²) in [5, 5.41) is 0. The summed E-state index contributed by atoms with van der Waals surface area (Å²) in [6.45, 7) is 2.00. The highest BCUT2D eigenvalue weighted by molar-refractivity contribution is 9.11. The van der Waals surface area contributed by atoms with Crippen molar-refractivity contribution in [3.63, 3.8) is 0 Å². The van der Waals surface area contributed by atoms with Crippen molar-refractivity contribution in [1.29, 1.82) is 0 Å². The average Bonchev–Trinajstić information content (AvgIpc) is 2.20. The number of aryl methyl sites for hydroxylation is 1. The molecule has 0 amide bonds. The number of carbonyl (C=O) groups is 1. The van der Waals surface area contributed by atoms with Crippen molar-refractivity contribution in [2.24, 2.45) is 0 Å². The molecule has 0 N–H and O–H groups in total. The van der Waals surface area contributed by atoms with Crippen molar-refractivity contribution in [1.82, 2.24) is 0 Å². The first-order chi connectivity index (χ1) is 6.72. The van der Waals surface area contributed by atoms with Gasteiger partial charge in [0.2, 0.25) is 0 Å². The van der Waals surface area contributed by atoms with Crippen molar-refractivity contribution in [2.75, 3.05) is 5.75 Å². The Morgan fingerprint density at radius 2 is 2.29 bits per heavy atom. The second-order valence-corrected chi connectivity index (χ2v) is 4.73. The summed E-state index contributed by atoms with van der Waals surface area (Å²) in [6, 6.07) is 6.03. The molecule has 0 fully saturated rings. The fourth-order valence-corrected chi connectivity index (χ4v) is 3.00. The molecule has 72 valence electrons. The highest BCUT2D eigenvalue weighted by Gasteiger charge is 2.21. The lowest BCUT2D eigenvalue weighted by atomic mass is 10.0. The normalized spacial score (nSPS) is 18.4. The highest BCUT2D eigenvalue weighted by Crippen LogP contribution is 2.33. The summed E-state index contributed by atoms with van der Waals surface area (Å²) in [6.07, 6.45) is 0. The molecule has 1 aromatic rings. The van der Waals surface area contributed by atoms with E-state index in [1.54, 1.807) is 16.7 Å². The molecule has 3 heteroatoms. The van der Waals surface area contributed by atoms with Crippen LogP contribution in [0.2, 0.25) is 0 Å². The predicted molar refractivity (Wildman–Crippen MR) is 63.2 cm³/mol. The molecule has 0 saturated heterocycles. The minimum absolute atomic E-state index is 0.152. The highest BCUT2D eigenvalue weighted by atomic mass is 79.9. The number of fused-ring (bicyclic) bond motifs is 1. The van der Waals surface area contributed by atoms with Gasteiger partial charge in [-0.2, -0.15) is 0 Å². The number of carbonyl (C=O) groups excluding carboxylic acids is 1. The van der Waals surface area contributed by atoms with Crippen LogP contribution in [0.4, 0.5) is 0 Å². The number of rotatable bonds is 0. The van der Waals surface area contributed by atoms with Gasteiger partial charge in [-0.05, 0) is 24.0 Å². The third-order valence-electron chi connectivity index (χ3n) is 2.19. The fraction of sp³-hybridized carbons (Fsp3) is 0.182. The van der Waals surface area contributed by atoms with Crippen molar-refractivity contribution in [2.45, 2.75) is 11.8 Å². The first kappa shape index (κ1) is 9.99. The minimum atomic E-state index is 0.152. The van der Waals surface area contributed by atoms with Crippen LogP contribution < -0.4 is 0 Å². The van der Waals surface area contributed by atoms with E-state index in [4.69, 9.17) is 0 Å². The lowest BCUT2D eigenvalue weighted by Crippen LogP contribution is -2.11. The topological polar surface area (TPSA) is 17.1 Å². The number of ketones is 1. The van der Waals surface area contributed by atoms with Crippen LogP contribution in [0, 0.1) is 6.92 Å². The zero-order valence-electron chi connectivity index (χ0n) is 7.71. The van der Waals surface area contributed by atoms with Crippen LogP contribution in [0.15, 0.2) is 33.7 Å². The molecular formula is C11H9BrOS. The van der Waals surface area contributed by atoms with Gasteiger partial charge in [0.1, 0.15) is 0 Å². The van der Waals surface area contributed by atoms with Gasteiger partial charge in [-0.15, -0.1) is 11.8 Å². The van der Waals surface area contributed by atoms with E-state index in [9.17, 15) is 4.79 Å². The van der Waals surface area contributed by atoms with Crippen LogP contribution in [0.1, 0.15) is 15.9 Å². The zero-order valence-corrected chi connectivity index (χ0v) is 10.1. The standard InChI is InChI=1S/C11H9BrOS/c1-7-2-3-10-9(4-7)11(13)8(5-12)6-14-10/h2-5H,6H2,1H3/b8-5+.